The maximum Gasteiger partial charge on any atom is 0.0497 e. The molecule has 0 saturated heterocycles. The van der Waals surface area contributed by atoms with Gasteiger partial charge in [-0.2, -0.15) is 0 Å². The van der Waals surface area contributed by atoms with E-state index in [4.69, 9.17) is 11.6 Å². The molecule has 0 spiro atoms. The topological polar surface area (TPSA) is 15.8 Å². The zero-order valence-electron chi connectivity index (χ0n) is 9.98. The fourth-order valence-electron chi connectivity index (χ4n) is 1.96. The van der Waals surface area contributed by atoms with Gasteiger partial charge < -0.3 is 4.98 Å². The smallest absolute Gasteiger partial charge is 0.0497 e. The highest BCUT2D eigenvalue weighted by Gasteiger charge is 2.12. The summed E-state index contributed by atoms with van der Waals surface area (Å²) in [4.78, 5) is 3.50. The van der Waals surface area contributed by atoms with Crippen LogP contribution in [0.3, 0.4) is 0 Å². The first-order valence-corrected chi connectivity index (χ1v) is 6.93. The van der Waals surface area contributed by atoms with Crippen molar-refractivity contribution in [2.75, 3.05) is 0 Å². The van der Waals surface area contributed by atoms with Crippen LogP contribution in [0.2, 0.25) is 5.02 Å². The van der Waals surface area contributed by atoms with Gasteiger partial charge in [0, 0.05) is 20.9 Å². The second-order valence-corrected chi connectivity index (χ2v) is 5.40. The lowest BCUT2D eigenvalue weighted by Crippen LogP contribution is -1.84. The summed E-state index contributed by atoms with van der Waals surface area (Å²) < 4.78 is 1.20. The summed E-state index contributed by atoms with van der Waals surface area (Å²) in [6.45, 7) is 4.31. The van der Waals surface area contributed by atoms with Gasteiger partial charge in [-0.05, 0) is 52.5 Å². The Kier molecular flexibility index (Phi) is 3.95. The van der Waals surface area contributed by atoms with Gasteiger partial charge in [0.15, 0.2) is 0 Å². The van der Waals surface area contributed by atoms with Gasteiger partial charge in [0.1, 0.15) is 0 Å². The lowest BCUT2D eigenvalue weighted by atomic mass is 10.1. The maximum atomic E-state index is 5.91. The Morgan fingerprint density at radius 3 is 2.47 bits per heavy atom. The van der Waals surface area contributed by atoms with Gasteiger partial charge in [-0.3, -0.25) is 0 Å². The molecule has 2 rings (SSSR count). The molecule has 1 heterocycles. The minimum absolute atomic E-state index is 0.769. The van der Waals surface area contributed by atoms with E-state index < -0.39 is 0 Å². The molecule has 1 aromatic carbocycles. The molecule has 0 unspecified atom stereocenters. The molecule has 2 aromatic rings. The van der Waals surface area contributed by atoms with E-state index in [9.17, 15) is 0 Å². The first kappa shape index (κ1) is 12.7. The van der Waals surface area contributed by atoms with Crippen LogP contribution in [0.5, 0.6) is 0 Å². The monoisotopic (exact) mass is 311 g/mol. The number of aromatic amines is 1. The van der Waals surface area contributed by atoms with E-state index in [1.807, 2.05) is 24.3 Å². The minimum atomic E-state index is 0.769. The third-order valence-corrected chi connectivity index (χ3v) is 4.20. The van der Waals surface area contributed by atoms with Crippen LogP contribution in [-0.2, 0) is 6.42 Å². The second-order valence-electron chi connectivity index (χ2n) is 4.17. The minimum Gasteiger partial charge on any atom is -0.357 e. The average Bonchev–Trinajstić information content (AvgIpc) is 2.59. The highest BCUT2D eigenvalue weighted by molar-refractivity contribution is 9.10. The fraction of sp³-hybridized carbons (Fsp3) is 0.286. The Morgan fingerprint density at radius 2 is 1.88 bits per heavy atom. The van der Waals surface area contributed by atoms with Crippen LogP contribution in [0.25, 0.3) is 11.3 Å². The van der Waals surface area contributed by atoms with Gasteiger partial charge in [-0.25, -0.2) is 0 Å². The predicted octanol–water partition coefficient (Wildman–Crippen LogP) is 5.36. The molecule has 0 fully saturated rings. The van der Waals surface area contributed by atoms with Crippen molar-refractivity contribution in [2.45, 2.75) is 26.7 Å². The fourth-order valence-corrected chi connectivity index (χ4v) is 2.58. The van der Waals surface area contributed by atoms with E-state index in [0.29, 0.717) is 0 Å². The maximum absolute atomic E-state index is 5.91. The zero-order chi connectivity index (χ0) is 12.4. The van der Waals surface area contributed by atoms with Crippen LogP contribution >= 0.6 is 27.5 Å². The average molecular weight is 313 g/mol. The number of aromatic nitrogens is 1. The Hall–Kier alpha value is -0.730. The summed E-state index contributed by atoms with van der Waals surface area (Å²) in [5.74, 6) is 0. The lowest BCUT2D eigenvalue weighted by molar-refractivity contribution is 0.888. The molecule has 0 radical (unpaired) electrons. The molecule has 0 bridgehead atoms. The number of hydrogen-bond acceptors (Lipinski definition) is 0. The van der Waals surface area contributed by atoms with Crippen molar-refractivity contribution in [3.8, 4) is 11.3 Å². The Bertz CT molecular complexity index is 514. The van der Waals surface area contributed by atoms with Crippen LogP contribution in [0.4, 0.5) is 0 Å². The molecule has 0 atom stereocenters. The van der Waals surface area contributed by atoms with Gasteiger partial charge >= 0.3 is 0 Å². The molecule has 0 aliphatic carbocycles. The SMILES string of the molecule is CCCc1[nH]c(-c2ccc(Cl)cc2)c(C)c1Br. The normalized spacial score (nSPS) is 10.8. The first-order chi connectivity index (χ1) is 8.13. The molecule has 1 nitrogen and oxygen atoms in total. The molecule has 17 heavy (non-hydrogen) atoms. The molecule has 0 aliphatic rings. The molecule has 0 aliphatic heterocycles. The molecule has 90 valence electrons. The number of hydrogen-bond donors (Lipinski definition) is 1. The quantitative estimate of drug-likeness (QED) is 0.785. The van der Waals surface area contributed by atoms with Crippen molar-refractivity contribution in [3.05, 3.63) is 45.0 Å². The van der Waals surface area contributed by atoms with Crippen molar-refractivity contribution in [3.63, 3.8) is 0 Å². The highest BCUT2D eigenvalue weighted by atomic mass is 79.9. The summed E-state index contributed by atoms with van der Waals surface area (Å²) in [6, 6.07) is 7.93. The summed E-state index contributed by atoms with van der Waals surface area (Å²) in [7, 11) is 0. The first-order valence-electron chi connectivity index (χ1n) is 5.76. The summed E-state index contributed by atoms with van der Waals surface area (Å²) in [5, 5.41) is 0.769. The van der Waals surface area contributed by atoms with Gasteiger partial charge in [0.2, 0.25) is 0 Å². The van der Waals surface area contributed by atoms with Crippen LogP contribution in [-0.4, -0.2) is 4.98 Å². The van der Waals surface area contributed by atoms with Gasteiger partial charge in [0.25, 0.3) is 0 Å². The van der Waals surface area contributed by atoms with E-state index in [1.54, 1.807) is 0 Å². The molecule has 3 heteroatoms. The molecule has 0 amide bonds. The summed E-state index contributed by atoms with van der Waals surface area (Å²) >= 11 is 9.56. The molecule has 1 N–H and O–H groups in total. The number of benzene rings is 1. The van der Waals surface area contributed by atoms with E-state index in [-0.39, 0.29) is 0 Å². The van der Waals surface area contributed by atoms with Crippen LogP contribution in [0.15, 0.2) is 28.7 Å². The van der Waals surface area contributed by atoms with Crippen molar-refractivity contribution >= 4 is 27.5 Å². The van der Waals surface area contributed by atoms with E-state index in [1.165, 1.54) is 27.0 Å². The van der Waals surface area contributed by atoms with E-state index in [2.05, 4.69) is 34.8 Å². The largest absolute Gasteiger partial charge is 0.357 e. The van der Waals surface area contributed by atoms with Crippen LogP contribution in [0, 0.1) is 6.92 Å². The number of H-pyrrole nitrogens is 1. The van der Waals surface area contributed by atoms with E-state index in [0.717, 1.165) is 17.9 Å². The van der Waals surface area contributed by atoms with Gasteiger partial charge in [0.05, 0.1) is 0 Å². The zero-order valence-corrected chi connectivity index (χ0v) is 12.3. The Labute approximate surface area is 115 Å². The highest BCUT2D eigenvalue weighted by Crippen LogP contribution is 2.32. The van der Waals surface area contributed by atoms with Crippen LogP contribution < -0.4 is 0 Å². The van der Waals surface area contributed by atoms with Gasteiger partial charge in [-0.15, -0.1) is 0 Å². The lowest BCUT2D eigenvalue weighted by Gasteiger charge is -2.00. The third-order valence-electron chi connectivity index (χ3n) is 2.88. The molecule has 1 aromatic heterocycles. The van der Waals surface area contributed by atoms with Gasteiger partial charge in [-0.1, -0.05) is 37.1 Å². The second kappa shape index (κ2) is 5.28. The van der Waals surface area contributed by atoms with Crippen molar-refractivity contribution in [1.82, 2.24) is 4.98 Å². The van der Waals surface area contributed by atoms with Crippen LogP contribution in [0.1, 0.15) is 24.6 Å². The number of nitrogens with one attached hydrogen (secondary N) is 1. The van der Waals surface area contributed by atoms with Crippen molar-refractivity contribution < 1.29 is 0 Å². The molecular weight excluding hydrogens is 298 g/mol. The molecular formula is C14H15BrClN. The standard InChI is InChI=1S/C14H15BrClN/c1-3-4-12-13(15)9(2)14(17-12)10-5-7-11(16)8-6-10/h5-8,17H,3-4H2,1-2H3. The third kappa shape index (κ3) is 2.58. The summed E-state index contributed by atoms with van der Waals surface area (Å²) in [6.07, 6.45) is 2.20. The Morgan fingerprint density at radius 1 is 1.24 bits per heavy atom. The number of aryl methyl sites for hydroxylation is 1. The summed E-state index contributed by atoms with van der Waals surface area (Å²) in [5.41, 5.74) is 4.89. The van der Waals surface area contributed by atoms with Crippen molar-refractivity contribution in [2.24, 2.45) is 0 Å². The molecule has 0 saturated carbocycles. The number of halogens is 2. The van der Waals surface area contributed by atoms with E-state index >= 15 is 0 Å². The Balaban J connectivity index is 2.45. The number of rotatable bonds is 3. The predicted molar refractivity (Wildman–Crippen MR) is 77.7 cm³/mol. The van der Waals surface area contributed by atoms with Crippen molar-refractivity contribution in [1.29, 1.82) is 0 Å².